The lowest BCUT2D eigenvalue weighted by atomic mass is 10.1. The molecule has 0 spiro atoms. The molecule has 96 valence electrons. The number of hydrogen-bond acceptors (Lipinski definition) is 3. The van der Waals surface area contributed by atoms with E-state index < -0.39 is 6.10 Å². The molecular formula is C13H15BrN2O2. The summed E-state index contributed by atoms with van der Waals surface area (Å²) in [6, 6.07) is 7.54. The summed E-state index contributed by atoms with van der Waals surface area (Å²) in [4.78, 5) is 0. The zero-order chi connectivity index (χ0) is 13.1. The average Bonchev–Trinajstić information content (AvgIpc) is 2.78. The highest BCUT2D eigenvalue weighted by Crippen LogP contribution is 2.27. The number of aliphatic hydroxyl groups is 1. The first kappa shape index (κ1) is 13.1. The first-order valence-corrected chi connectivity index (χ1v) is 6.39. The summed E-state index contributed by atoms with van der Waals surface area (Å²) < 4.78 is 7.83. The molecule has 1 N–H and O–H groups in total. The third-order valence-corrected chi connectivity index (χ3v) is 3.64. The molecule has 0 aliphatic heterocycles. The lowest BCUT2D eigenvalue weighted by Gasteiger charge is -2.13. The number of hydrogen-bond donors (Lipinski definition) is 1. The minimum atomic E-state index is -0.582. The van der Waals surface area contributed by atoms with Gasteiger partial charge >= 0.3 is 0 Å². The second-order valence-corrected chi connectivity index (χ2v) is 4.91. The van der Waals surface area contributed by atoms with E-state index in [0.29, 0.717) is 6.42 Å². The quantitative estimate of drug-likeness (QED) is 0.943. The molecule has 1 unspecified atom stereocenters. The third-order valence-electron chi connectivity index (χ3n) is 2.87. The van der Waals surface area contributed by atoms with Gasteiger partial charge in [-0.2, -0.15) is 5.10 Å². The van der Waals surface area contributed by atoms with Gasteiger partial charge in [0.25, 0.3) is 0 Å². The molecule has 0 aliphatic rings. The summed E-state index contributed by atoms with van der Waals surface area (Å²) >= 11 is 3.48. The fraction of sp³-hybridized carbons (Fsp3) is 0.308. The largest absolute Gasteiger partial charge is 0.497 e. The van der Waals surface area contributed by atoms with Gasteiger partial charge < -0.3 is 9.84 Å². The van der Waals surface area contributed by atoms with Crippen LogP contribution in [0.4, 0.5) is 0 Å². The van der Waals surface area contributed by atoms with Crippen LogP contribution in [0.5, 0.6) is 5.75 Å². The number of nitrogens with zero attached hydrogens (tertiary/aromatic N) is 2. The van der Waals surface area contributed by atoms with Crippen molar-refractivity contribution in [1.29, 1.82) is 0 Å². The van der Waals surface area contributed by atoms with Crippen LogP contribution in [-0.2, 0) is 13.5 Å². The van der Waals surface area contributed by atoms with Crippen molar-refractivity contribution >= 4 is 15.9 Å². The first-order valence-electron chi connectivity index (χ1n) is 5.60. The Hall–Kier alpha value is -1.33. The minimum absolute atomic E-state index is 0.511. The fourth-order valence-electron chi connectivity index (χ4n) is 1.86. The molecule has 1 heterocycles. The predicted octanol–water partition coefficient (Wildman–Crippen LogP) is 2.47. The van der Waals surface area contributed by atoms with E-state index in [4.69, 9.17) is 4.74 Å². The van der Waals surface area contributed by atoms with E-state index in [1.807, 2.05) is 31.3 Å². The topological polar surface area (TPSA) is 47.3 Å². The molecule has 1 aromatic heterocycles. The van der Waals surface area contributed by atoms with Crippen LogP contribution in [0.1, 0.15) is 17.4 Å². The van der Waals surface area contributed by atoms with Crippen molar-refractivity contribution in [2.75, 3.05) is 7.11 Å². The molecular weight excluding hydrogens is 296 g/mol. The van der Waals surface area contributed by atoms with Crippen LogP contribution in [0.3, 0.4) is 0 Å². The summed E-state index contributed by atoms with van der Waals surface area (Å²) in [6.07, 6.45) is 1.61. The number of halogens is 1. The van der Waals surface area contributed by atoms with Gasteiger partial charge in [-0.25, -0.2) is 0 Å². The zero-order valence-corrected chi connectivity index (χ0v) is 11.9. The number of aryl methyl sites for hydroxylation is 1. The van der Waals surface area contributed by atoms with Crippen LogP contribution >= 0.6 is 15.9 Å². The normalized spacial score (nSPS) is 12.4. The predicted molar refractivity (Wildman–Crippen MR) is 72.6 cm³/mol. The van der Waals surface area contributed by atoms with Crippen LogP contribution in [-0.4, -0.2) is 22.0 Å². The summed E-state index contributed by atoms with van der Waals surface area (Å²) in [6.45, 7) is 0. The van der Waals surface area contributed by atoms with E-state index in [1.165, 1.54) is 0 Å². The van der Waals surface area contributed by atoms with Crippen molar-refractivity contribution in [3.05, 3.63) is 46.2 Å². The molecule has 0 bridgehead atoms. The molecule has 2 rings (SSSR count). The van der Waals surface area contributed by atoms with Gasteiger partial charge in [0.15, 0.2) is 0 Å². The van der Waals surface area contributed by atoms with E-state index in [0.717, 1.165) is 21.5 Å². The Kier molecular flexibility index (Phi) is 4.04. The van der Waals surface area contributed by atoms with Crippen molar-refractivity contribution in [2.45, 2.75) is 12.5 Å². The smallest absolute Gasteiger partial charge is 0.119 e. The highest BCUT2D eigenvalue weighted by molar-refractivity contribution is 9.10. The van der Waals surface area contributed by atoms with E-state index in [9.17, 15) is 5.11 Å². The second kappa shape index (κ2) is 5.54. The first-order chi connectivity index (χ1) is 8.61. The Balaban J connectivity index is 2.21. The van der Waals surface area contributed by atoms with Crippen LogP contribution < -0.4 is 4.74 Å². The molecule has 1 atom stereocenters. The summed E-state index contributed by atoms with van der Waals surface area (Å²) in [5.74, 6) is 0.783. The third kappa shape index (κ3) is 2.73. The maximum Gasteiger partial charge on any atom is 0.119 e. The summed E-state index contributed by atoms with van der Waals surface area (Å²) in [7, 11) is 3.45. The molecule has 0 aliphatic carbocycles. The van der Waals surface area contributed by atoms with E-state index in [1.54, 1.807) is 18.0 Å². The maximum atomic E-state index is 10.2. The molecule has 18 heavy (non-hydrogen) atoms. The van der Waals surface area contributed by atoms with Gasteiger partial charge in [0, 0.05) is 24.1 Å². The Morgan fingerprint density at radius 3 is 2.83 bits per heavy atom. The van der Waals surface area contributed by atoms with Crippen molar-refractivity contribution in [3.63, 3.8) is 0 Å². The van der Waals surface area contributed by atoms with Crippen molar-refractivity contribution in [2.24, 2.45) is 7.05 Å². The second-order valence-electron chi connectivity index (χ2n) is 4.06. The Morgan fingerprint density at radius 1 is 1.44 bits per heavy atom. The average molecular weight is 311 g/mol. The van der Waals surface area contributed by atoms with Gasteiger partial charge in [-0.1, -0.05) is 15.9 Å². The SMILES string of the molecule is COc1ccc(Br)c(CC(O)c2ccnn2C)c1. The number of aliphatic hydroxyl groups excluding tert-OH is 1. The molecule has 4 nitrogen and oxygen atoms in total. The van der Waals surface area contributed by atoms with E-state index >= 15 is 0 Å². The van der Waals surface area contributed by atoms with Crippen molar-refractivity contribution in [1.82, 2.24) is 9.78 Å². The fourth-order valence-corrected chi connectivity index (χ4v) is 2.27. The molecule has 0 saturated carbocycles. The zero-order valence-electron chi connectivity index (χ0n) is 10.3. The molecule has 1 aromatic carbocycles. The Bertz CT molecular complexity index is 540. The van der Waals surface area contributed by atoms with Gasteiger partial charge in [0.2, 0.25) is 0 Å². The number of aromatic nitrogens is 2. The Labute approximate surface area is 114 Å². The van der Waals surface area contributed by atoms with E-state index in [-0.39, 0.29) is 0 Å². The summed E-state index contributed by atoms with van der Waals surface area (Å²) in [5.41, 5.74) is 1.80. The molecule has 2 aromatic rings. The van der Waals surface area contributed by atoms with Gasteiger partial charge in [-0.3, -0.25) is 4.68 Å². The number of ether oxygens (including phenoxy) is 1. The van der Waals surface area contributed by atoms with Crippen LogP contribution in [0.25, 0.3) is 0 Å². The van der Waals surface area contributed by atoms with Crippen LogP contribution in [0.15, 0.2) is 34.9 Å². The highest BCUT2D eigenvalue weighted by atomic mass is 79.9. The van der Waals surface area contributed by atoms with Gasteiger partial charge in [0.05, 0.1) is 18.9 Å². The standard InChI is InChI=1S/C13H15BrN2O2/c1-16-12(5-6-15-16)13(17)8-9-7-10(18-2)3-4-11(9)14/h3-7,13,17H,8H2,1-2H3. The minimum Gasteiger partial charge on any atom is -0.497 e. The monoisotopic (exact) mass is 310 g/mol. The van der Waals surface area contributed by atoms with Crippen molar-refractivity contribution < 1.29 is 9.84 Å². The number of methoxy groups -OCH3 is 1. The molecule has 0 radical (unpaired) electrons. The molecule has 5 heteroatoms. The summed E-state index contributed by atoms with van der Waals surface area (Å²) in [5, 5.41) is 14.3. The molecule has 0 amide bonds. The molecule has 0 fully saturated rings. The molecule has 0 saturated heterocycles. The highest BCUT2D eigenvalue weighted by Gasteiger charge is 2.14. The number of rotatable bonds is 4. The Morgan fingerprint density at radius 2 is 2.22 bits per heavy atom. The van der Waals surface area contributed by atoms with Gasteiger partial charge in [-0.05, 0) is 29.8 Å². The van der Waals surface area contributed by atoms with Crippen molar-refractivity contribution in [3.8, 4) is 5.75 Å². The van der Waals surface area contributed by atoms with Crippen LogP contribution in [0.2, 0.25) is 0 Å². The van der Waals surface area contributed by atoms with E-state index in [2.05, 4.69) is 21.0 Å². The van der Waals surface area contributed by atoms with Gasteiger partial charge in [-0.15, -0.1) is 0 Å². The lowest BCUT2D eigenvalue weighted by Crippen LogP contribution is -2.08. The van der Waals surface area contributed by atoms with Gasteiger partial charge in [0.1, 0.15) is 5.75 Å². The lowest BCUT2D eigenvalue weighted by molar-refractivity contribution is 0.168. The number of benzene rings is 1. The maximum absolute atomic E-state index is 10.2. The van der Waals surface area contributed by atoms with Crippen LogP contribution in [0, 0.1) is 0 Å².